The SMILES string of the molecule is COC(C)(C)CCNc1ccc(I)cc1. The number of rotatable bonds is 5. The first-order valence-electron chi connectivity index (χ1n) is 5.08. The predicted octanol–water partition coefficient (Wildman–Crippen LogP) is 3.52. The lowest BCUT2D eigenvalue weighted by Gasteiger charge is -2.23. The van der Waals surface area contributed by atoms with Crippen LogP contribution >= 0.6 is 22.6 Å². The molecule has 0 bridgehead atoms. The average Bonchev–Trinajstić information content (AvgIpc) is 2.21. The minimum Gasteiger partial charge on any atom is -0.385 e. The molecule has 3 heteroatoms. The maximum absolute atomic E-state index is 5.35. The molecule has 0 fully saturated rings. The Hall–Kier alpha value is -0.290. The second kappa shape index (κ2) is 5.70. The second-order valence-electron chi connectivity index (χ2n) is 4.15. The van der Waals surface area contributed by atoms with Crippen LogP contribution in [-0.2, 0) is 4.74 Å². The molecule has 0 aromatic heterocycles. The van der Waals surface area contributed by atoms with E-state index in [1.54, 1.807) is 7.11 Å². The minimum atomic E-state index is -0.0454. The number of hydrogen-bond donors (Lipinski definition) is 1. The van der Waals surface area contributed by atoms with Crippen LogP contribution < -0.4 is 5.32 Å². The molecule has 1 aromatic carbocycles. The second-order valence-corrected chi connectivity index (χ2v) is 5.39. The minimum absolute atomic E-state index is 0.0454. The quantitative estimate of drug-likeness (QED) is 0.839. The van der Waals surface area contributed by atoms with Crippen molar-refractivity contribution in [2.45, 2.75) is 25.9 Å². The van der Waals surface area contributed by atoms with Gasteiger partial charge in [0.05, 0.1) is 5.60 Å². The molecule has 0 saturated carbocycles. The molecule has 0 atom stereocenters. The van der Waals surface area contributed by atoms with Gasteiger partial charge in [-0.25, -0.2) is 0 Å². The molecular weight excluding hydrogens is 301 g/mol. The van der Waals surface area contributed by atoms with Crippen LogP contribution in [-0.4, -0.2) is 19.3 Å². The molecule has 0 aliphatic carbocycles. The van der Waals surface area contributed by atoms with Crippen molar-refractivity contribution in [2.75, 3.05) is 19.0 Å². The summed E-state index contributed by atoms with van der Waals surface area (Å²) < 4.78 is 6.61. The first-order chi connectivity index (χ1) is 7.03. The number of ether oxygens (including phenoxy) is 1. The zero-order valence-corrected chi connectivity index (χ0v) is 11.7. The highest BCUT2D eigenvalue weighted by molar-refractivity contribution is 14.1. The van der Waals surface area contributed by atoms with Gasteiger partial charge >= 0.3 is 0 Å². The predicted molar refractivity (Wildman–Crippen MR) is 73.4 cm³/mol. The van der Waals surface area contributed by atoms with Gasteiger partial charge in [0, 0.05) is 22.9 Å². The topological polar surface area (TPSA) is 21.3 Å². The van der Waals surface area contributed by atoms with Crippen LogP contribution in [0.3, 0.4) is 0 Å². The fourth-order valence-corrected chi connectivity index (χ4v) is 1.54. The highest BCUT2D eigenvalue weighted by Crippen LogP contribution is 2.15. The van der Waals surface area contributed by atoms with Crippen molar-refractivity contribution in [3.63, 3.8) is 0 Å². The van der Waals surface area contributed by atoms with Crippen LogP contribution in [0.25, 0.3) is 0 Å². The summed E-state index contributed by atoms with van der Waals surface area (Å²) in [5.41, 5.74) is 1.12. The standard InChI is InChI=1S/C12H18INO/c1-12(2,15-3)8-9-14-11-6-4-10(13)5-7-11/h4-7,14H,8-9H2,1-3H3. The fourth-order valence-electron chi connectivity index (χ4n) is 1.18. The van der Waals surface area contributed by atoms with Gasteiger partial charge in [-0.3, -0.25) is 0 Å². The summed E-state index contributed by atoms with van der Waals surface area (Å²) in [6, 6.07) is 8.40. The smallest absolute Gasteiger partial charge is 0.0639 e. The van der Waals surface area contributed by atoms with Gasteiger partial charge in [0.2, 0.25) is 0 Å². The Labute approximate surface area is 106 Å². The van der Waals surface area contributed by atoms with E-state index in [4.69, 9.17) is 4.74 Å². The molecule has 15 heavy (non-hydrogen) atoms. The maximum Gasteiger partial charge on any atom is 0.0639 e. The Bertz CT molecular complexity index is 295. The van der Waals surface area contributed by atoms with Gasteiger partial charge in [-0.15, -0.1) is 0 Å². The van der Waals surface area contributed by atoms with Crippen LogP contribution in [0, 0.1) is 3.57 Å². The van der Waals surface area contributed by atoms with Gasteiger partial charge < -0.3 is 10.1 Å². The molecule has 1 aromatic rings. The van der Waals surface area contributed by atoms with Crippen molar-refractivity contribution in [1.82, 2.24) is 0 Å². The Balaban J connectivity index is 2.35. The number of hydrogen-bond acceptors (Lipinski definition) is 2. The third-order valence-corrected chi connectivity index (χ3v) is 3.17. The Morgan fingerprint density at radius 2 is 1.87 bits per heavy atom. The molecule has 0 heterocycles. The van der Waals surface area contributed by atoms with Crippen LogP contribution in [0.4, 0.5) is 5.69 Å². The summed E-state index contributed by atoms with van der Waals surface area (Å²) in [6.45, 7) is 5.13. The zero-order chi connectivity index (χ0) is 11.3. The first kappa shape index (κ1) is 12.8. The summed E-state index contributed by atoms with van der Waals surface area (Å²) in [5, 5.41) is 3.38. The van der Waals surface area contributed by atoms with E-state index in [9.17, 15) is 0 Å². The van der Waals surface area contributed by atoms with Crippen molar-refractivity contribution in [3.8, 4) is 0 Å². The molecule has 0 aliphatic heterocycles. The van der Waals surface area contributed by atoms with Crippen LogP contribution in [0.2, 0.25) is 0 Å². The number of anilines is 1. The Morgan fingerprint density at radius 1 is 1.27 bits per heavy atom. The normalized spacial score (nSPS) is 11.5. The monoisotopic (exact) mass is 319 g/mol. The van der Waals surface area contributed by atoms with Crippen LogP contribution in [0.5, 0.6) is 0 Å². The third kappa shape index (κ3) is 4.84. The van der Waals surface area contributed by atoms with Gasteiger partial charge in [-0.1, -0.05) is 0 Å². The highest BCUT2D eigenvalue weighted by atomic mass is 127. The van der Waals surface area contributed by atoms with E-state index in [-0.39, 0.29) is 5.60 Å². The molecule has 1 N–H and O–H groups in total. The van der Waals surface area contributed by atoms with Gasteiger partial charge in [0.1, 0.15) is 0 Å². The number of halogens is 1. The fraction of sp³-hybridized carbons (Fsp3) is 0.500. The molecule has 2 nitrogen and oxygen atoms in total. The molecule has 0 saturated heterocycles. The summed E-state index contributed by atoms with van der Waals surface area (Å²) >= 11 is 2.31. The van der Waals surface area contributed by atoms with E-state index in [2.05, 4.69) is 66.0 Å². The molecule has 0 radical (unpaired) electrons. The first-order valence-corrected chi connectivity index (χ1v) is 6.16. The van der Waals surface area contributed by atoms with Gasteiger partial charge in [-0.2, -0.15) is 0 Å². The summed E-state index contributed by atoms with van der Waals surface area (Å²) in [4.78, 5) is 0. The van der Waals surface area contributed by atoms with E-state index in [1.807, 2.05) is 0 Å². The van der Waals surface area contributed by atoms with E-state index >= 15 is 0 Å². The number of benzene rings is 1. The number of nitrogens with one attached hydrogen (secondary N) is 1. The Morgan fingerprint density at radius 3 is 2.40 bits per heavy atom. The van der Waals surface area contributed by atoms with Crippen molar-refractivity contribution in [1.29, 1.82) is 0 Å². The molecular formula is C12H18INO. The molecule has 0 spiro atoms. The molecule has 0 aliphatic rings. The van der Waals surface area contributed by atoms with Gasteiger partial charge in [0.15, 0.2) is 0 Å². The lowest BCUT2D eigenvalue weighted by molar-refractivity contribution is 0.0185. The lowest BCUT2D eigenvalue weighted by atomic mass is 10.1. The molecule has 0 unspecified atom stereocenters. The van der Waals surface area contributed by atoms with E-state index in [1.165, 1.54) is 9.26 Å². The average molecular weight is 319 g/mol. The molecule has 1 rings (SSSR count). The third-order valence-electron chi connectivity index (χ3n) is 2.45. The van der Waals surface area contributed by atoms with Crippen molar-refractivity contribution in [3.05, 3.63) is 27.8 Å². The van der Waals surface area contributed by atoms with Gasteiger partial charge in [-0.05, 0) is 67.1 Å². The van der Waals surface area contributed by atoms with Crippen molar-refractivity contribution < 1.29 is 4.74 Å². The van der Waals surface area contributed by atoms with Crippen LogP contribution in [0.15, 0.2) is 24.3 Å². The van der Waals surface area contributed by atoms with Crippen LogP contribution in [0.1, 0.15) is 20.3 Å². The molecule has 84 valence electrons. The van der Waals surface area contributed by atoms with Crippen molar-refractivity contribution >= 4 is 28.3 Å². The Kier molecular flexibility index (Phi) is 4.86. The molecule has 0 amide bonds. The highest BCUT2D eigenvalue weighted by Gasteiger charge is 2.14. The lowest BCUT2D eigenvalue weighted by Crippen LogP contribution is -2.25. The summed E-state index contributed by atoms with van der Waals surface area (Å²) in [7, 11) is 1.75. The maximum atomic E-state index is 5.35. The summed E-state index contributed by atoms with van der Waals surface area (Å²) in [6.07, 6.45) is 0.996. The largest absolute Gasteiger partial charge is 0.385 e. The van der Waals surface area contributed by atoms with Crippen molar-refractivity contribution in [2.24, 2.45) is 0 Å². The van der Waals surface area contributed by atoms with E-state index in [0.717, 1.165) is 13.0 Å². The van der Waals surface area contributed by atoms with E-state index in [0.29, 0.717) is 0 Å². The van der Waals surface area contributed by atoms with E-state index < -0.39 is 0 Å². The zero-order valence-electron chi connectivity index (χ0n) is 9.51. The number of methoxy groups -OCH3 is 1. The van der Waals surface area contributed by atoms with Gasteiger partial charge in [0.25, 0.3) is 0 Å². The summed E-state index contributed by atoms with van der Waals surface area (Å²) in [5.74, 6) is 0.